The molecule has 9 heteroatoms. The Morgan fingerprint density at radius 1 is 1.00 bits per heavy atom. The van der Waals surface area contributed by atoms with Crippen molar-refractivity contribution < 1.29 is 43.7 Å². The third kappa shape index (κ3) is 4.85. The van der Waals surface area contributed by atoms with Gasteiger partial charge in [-0.3, -0.25) is 24.0 Å². The molecule has 9 nitrogen and oxygen atoms in total. The summed E-state index contributed by atoms with van der Waals surface area (Å²) < 4.78 is 11.1. The van der Waals surface area contributed by atoms with E-state index in [1.807, 2.05) is 27.7 Å². The van der Waals surface area contributed by atoms with Crippen molar-refractivity contribution in [3.8, 4) is 0 Å². The minimum atomic E-state index is -2.04. The van der Waals surface area contributed by atoms with Crippen LogP contribution in [0.15, 0.2) is 23.8 Å². The van der Waals surface area contributed by atoms with Gasteiger partial charge < -0.3 is 19.7 Å². The first-order valence-electron chi connectivity index (χ1n) is 15.2. The van der Waals surface area contributed by atoms with Gasteiger partial charge in [0.1, 0.15) is 29.2 Å². The molecular weight excluding hydrogens is 552 g/mol. The number of allylic oxidation sites excluding steroid dienone is 1. The summed E-state index contributed by atoms with van der Waals surface area (Å²) >= 11 is 0. The van der Waals surface area contributed by atoms with E-state index in [2.05, 4.69) is 13.0 Å². The van der Waals surface area contributed by atoms with Gasteiger partial charge >= 0.3 is 11.9 Å². The predicted octanol–water partition coefficient (Wildman–Crippen LogP) is 4.07. The summed E-state index contributed by atoms with van der Waals surface area (Å²) in [6.45, 7) is 16.8. The second kappa shape index (κ2) is 10.2. The van der Waals surface area contributed by atoms with Gasteiger partial charge in [-0.25, -0.2) is 0 Å². The molecule has 0 bridgehead atoms. The summed E-state index contributed by atoms with van der Waals surface area (Å²) in [6.07, 6.45) is 3.61. The smallest absolute Gasteiger partial charge is 0.303 e. The molecule has 0 amide bonds. The number of ether oxygens (including phenoxy) is 2. The van der Waals surface area contributed by atoms with Gasteiger partial charge in [0.15, 0.2) is 11.6 Å². The number of carbonyl (C=O) groups is 5. The highest BCUT2D eigenvalue weighted by atomic mass is 16.6. The van der Waals surface area contributed by atoms with Crippen LogP contribution in [0.4, 0.5) is 0 Å². The maximum absolute atomic E-state index is 14.5. The van der Waals surface area contributed by atoms with Crippen molar-refractivity contribution in [3.63, 3.8) is 0 Å². The first-order chi connectivity index (χ1) is 19.5. The van der Waals surface area contributed by atoms with Crippen molar-refractivity contribution in [1.82, 2.24) is 0 Å². The third-order valence-electron chi connectivity index (χ3n) is 11.9. The average Bonchev–Trinajstić information content (AvgIpc) is 3.07. The van der Waals surface area contributed by atoms with Gasteiger partial charge in [-0.15, -0.1) is 0 Å². The van der Waals surface area contributed by atoms with Gasteiger partial charge in [0.05, 0.1) is 0 Å². The van der Waals surface area contributed by atoms with Crippen molar-refractivity contribution in [1.29, 1.82) is 0 Å². The number of carbonyl (C=O) groups excluding carboxylic acids is 5. The van der Waals surface area contributed by atoms with Crippen LogP contribution in [0.3, 0.4) is 0 Å². The van der Waals surface area contributed by atoms with Gasteiger partial charge in [0, 0.05) is 43.4 Å². The Bertz CT molecular complexity index is 1320. The van der Waals surface area contributed by atoms with E-state index >= 15 is 0 Å². The Kier molecular flexibility index (Phi) is 7.88. The lowest BCUT2D eigenvalue weighted by atomic mass is 9.38. The van der Waals surface area contributed by atoms with E-state index in [0.717, 1.165) is 5.57 Å². The molecule has 0 radical (unpaired) electrons. The zero-order chi connectivity index (χ0) is 32.7. The summed E-state index contributed by atoms with van der Waals surface area (Å²) in [5, 5.41) is 22.8. The SMILES string of the molecule is CC(=O)O[C@@H]1C[C@@]2(C)[C@@H]3CC=C4[C@@H](CC(=O)[C@H](O)C4(C)C)[C@]3(C)C(=O)C[C@]2(C)[C@H]1[C@@](C)(O)C(=O)/C=C/C(C)(C)OC(C)=O. The number of esters is 2. The first-order valence-corrected chi connectivity index (χ1v) is 15.2. The molecule has 0 aromatic heterocycles. The fourth-order valence-corrected chi connectivity index (χ4v) is 9.63. The molecule has 0 aromatic rings. The fraction of sp³-hybridized carbons (Fsp3) is 0.735. The van der Waals surface area contributed by atoms with E-state index in [0.29, 0.717) is 12.8 Å². The Hall–Kier alpha value is -2.65. The normalized spacial score (nSPS) is 40.1. The Morgan fingerprint density at radius 2 is 1.60 bits per heavy atom. The van der Waals surface area contributed by atoms with Crippen molar-refractivity contribution in [2.75, 3.05) is 0 Å². The van der Waals surface area contributed by atoms with Gasteiger partial charge in [-0.05, 0) is 68.4 Å². The van der Waals surface area contributed by atoms with E-state index in [1.165, 1.54) is 32.9 Å². The monoisotopic (exact) mass is 600 g/mol. The summed E-state index contributed by atoms with van der Waals surface area (Å²) in [7, 11) is 0. The van der Waals surface area contributed by atoms with Gasteiger partial charge in [-0.2, -0.15) is 0 Å². The molecular formula is C34H48O9. The van der Waals surface area contributed by atoms with Crippen molar-refractivity contribution in [2.45, 2.75) is 118 Å². The highest BCUT2D eigenvalue weighted by molar-refractivity contribution is 5.98. The van der Waals surface area contributed by atoms with Crippen LogP contribution in [-0.4, -0.2) is 62.9 Å². The lowest BCUT2D eigenvalue weighted by Gasteiger charge is -2.64. The maximum Gasteiger partial charge on any atom is 0.303 e. The van der Waals surface area contributed by atoms with Crippen LogP contribution in [0.1, 0.15) is 94.9 Å². The highest BCUT2D eigenvalue weighted by Crippen LogP contribution is 2.74. The second-order valence-corrected chi connectivity index (χ2v) is 15.4. The lowest BCUT2D eigenvalue weighted by molar-refractivity contribution is -0.184. The number of aliphatic hydroxyl groups excluding tert-OH is 1. The molecule has 3 fully saturated rings. The van der Waals surface area contributed by atoms with Crippen LogP contribution in [0.5, 0.6) is 0 Å². The topological polar surface area (TPSA) is 144 Å². The van der Waals surface area contributed by atoms with Crippen LogP contribution >= 0.6 is 0 Å². The molecule has 9 atom stereocenters. The minimum Gasteiger partial charge on any atom is -0.462 e. The molecule has 238 valence electrons. The molecule has 4 rings (SSSR count). The third-order valence-corrected chi connectivity index (χ3v) is 11.9. The lowest BCUT2D eigenvalue weighted by Crippen LogP contribution is -2.65. The Labute approximate surface area is 254 Å². The number of hydrogen-bond acceptors (Lipinski definition) is 9. The van der Waals surface area contributed by atoms with E-state index in [1.54, 1.807) is 13.8 Å². The number of Topliss-reactive ketones (excluding diaryl/α,β-unsaturated/α-hetero) is 2. The summed E-state index contributed by atoms with van der Waals surface area (Å²) in [5.41, 5.74) is -5.57. The summed E-state index contributed by atoms with van der Waals surface area (Å²) in [6, 6.07) is 0. The largest absolute Gasteiger partial charge is 0.462 e. The molecule has 3 saturated carbocycles. The molecule has 43 heavy (non-hydrogen) atoms. The quantitative estimate of drug-likeness (QED) is 0.262. The van der Waals surface area contributed by atoms with Crippen LogP contribution in [0, 0.1) is 39.4 Å². The zero-order valence-electron chi connectivity index (χ0n) is 27.2. The van der Waals surface area contributed by atoms with Crippen LogP contribution in [-0.2, 0) is 33.4 Å². The van der Waals surface area contributed by atoms with Crippen LogP contribution in [0.25, 0.3) is 0 Å². The molecule has 0 aliphatic heterocycles. The van der Waals surface area contributed by atoms with Crippen molar-refractivity contribution in [2.24, 2.45) is 39.4 Å². The predicted molar refractivity (Wildman–Crippen MR) is 157 cm³/mol. The molecule has 0 heterocycles. The van der Waals surface area contributed by atoms with Gasteiger partial charge in [0.2, 0.25) is 0 Å². The highest BCUT2D eigenvalue weighted by Gasteiger charge is 2.75. The number of ketones is 3. The Morgan fingerprint density at radius 3 is 2.16 bits per heavy atom. The first kappa shape index (κ1) is 33.2. The van der Waals surface area contributed by atoms with E-state index in [-0.39, 0.29) is 36.2 Å². The van der Waals surface area contributed by atoms with Crippen LogP contribution in [0.2, 0.25) is 0 Å². The number of rotatable bonds is 6. The molecule has 4 aliphatic rings. The fourth-order valence-electron chi connectivity index (χ4n) is 9.63. The van der Waals surface area contributed by atoms with Crippen molar-refractivity contribution >= 4 is 29.3 Å². The molecule has 0 saturated heterocycles. The molecule has 0 unspecified atom stereocenters. The standard InChI is InChI=1S/C34H48O9/c1-18(35)42-23-16-31(7)24-12-11-20-21(15-22(37)28(40)30(20,5)6)33(24,9)26(39)17-32(31,8)27(23)34(10,41)25(38)13-14-29(3,4)43-19(2)36/h11,13-14,21,23-24,27-28,40-41H,12,15-17H2,1-10H3/b14-13+/t21-,23-,24+,27+,28+,31+,32-,33+,34+/m1/s1. The summed E-state index contributed by atoms with van der Waals surface area (Å²) in [4.78, 5) is 65.1. The van der Waals surface area contributed by atoms with E-state index in [4.69, 9.17) is 9.47 Å². The van der Waals surface area contributed by atoms with Crippen molar-refractivity contribution in [3.05, 3.63) is 23.8 Å². The maximum atomic E-state index is 14.5. The molecule has 0 spiro atoms. The van der Waals surface area contributed by atoms with Gasteiger partial charge in [-0.1, -0.05) is 46.3 Å². The number of aliphatic hydroxyl groups is 2. The zero-order valence-corrected chi connectivity index (χ0v) is 27.2. The van der Waals surface area contributed by atoms with Crippen LogP contribution < -0.4 is 0 Å². The number of hydrogen-bond donors (Lipinski definition) is 2. The molecule has 2 N–H and O–H groups in total. The average molecular weight is 601 g/mol. The van der Waals surface area contributed by atoms with Gasteiger partial charge in [0.25, 0.3) is 0 Å². The Balaban J connectivity index is 1.82. The van der Waals surface area contributed by atoms with E-state index < -0.39 is 68.7 Å². The summed E-state index contributed by atoms with van der Waals surface area (Å²) in [5.74, 6) is -3.64. The molecule has 0 aromatic carbocycles. The molecule has 4 aliphatic carbocycles. The second-order valence-electron chi connectivity index (χ2n) is 15.4. The minimum absolute atomic E-state index is 0.0198. The van der Waals surface area contributed by atoms with E-state index in [9.17, 15) is 34.2 Å². The number of fused-ring (bicyclic) bond motifs is 5.